The standard InChI is InChI=1S/C11H19N3O2S/c1-3-4-11(5-6-11)8-13-17(15,16)10-7-12-14-9(10)2/h7,13H,3-6,8H2,1-2H3,(H,12,14). The molecule has 0 amide bonds. The first-order valence-corrected chi connectivity index (χ1v) is 7.47. The van der Waals surface area contributed by atoms with E-state index in [1.165, 1.54) is 6.20 Å². The van der Waals surface area contributed by atoms with Crippen molar-refractivity contribution >= 4 is 10.0 Å². The van der Waals surface area contributed by atoms with Crippen LogP contribution in [0.2, 0.25) is 0 Å². The Kier molecular flexibility index (Phi) is 3.27. The summed E-state index contributed by atoms with van der Waals surface area (Å²) in [6, 6.07) is 0. The van der Waals surface area contributed by atoms with E-state index in [4.69, 9.17) is 0 Å². The summed E-state index contributed by atoms with van der Waals surface area (Å²) in [5, 5.41) is 6.38. The van der Waals surface area contributed by atoms with Crippen LogP contribution in [0.4, 0.5) is 0 Å². The summed E-state index contributed by atoms with van der Waals surface area (Å²) < 4.78 is 26.7. The summed E-state index contributed by atoms with van der Waals surface area (Å²) in [7, 11) is -3.40. The van der Waals surface area contributed by atoms with Crippen molar-refractivity contribution in [1.82, 2.24) is 14.9 Å². The number of sulfonamides is 1. The van der Waals surface area contributed by atoms with Gasteiger partial charge >= 0.3 is 0 Å². The number of hydrogen-bond acceptors (Lipinski definition) is 3. The predicted octanol–water partition coefficient (Wildman–Crippen LogP) is 1.58. The third kappa shape index (κ3) is 2.69. The molecule has 6 heteroatoms. The molecule has 1 aromatic rings. The van der Waals surface area contributed by atoms with Gasteiger partial charge < -0.3 is 0 Å². The number of hydrogen-bond donors (Lipinski definition) is 2. The second kappa shape index (κ2) is 4.42. The molecule has 96 valence electrons. The van der Waals surface area contributed by atoms with Gasteiger partial charge in [-0.15, -0.1) is 0 Å². The molecule has 1 saturated carbocycles. The zero-order valence-corrected chi connectivity index (χ0v) is 11.1. The van der Waals surface area contributed by atoms with Crippen LogP contribution in [0, 0.1) is 12.3 Å². The molecular formula is C11H19N3O2S. The SMILES string of the molecule is CCCC1(CNS(=O)(=O)c2cn[nH]c2C)CC1. The van der Waals surface area contributed by atoms with Gasteiger partial charge in [0.25, 0.3) is 0 Å². The number of nitrogens with zero attached hydrogens (tertiary/aromatic N) is 1. The minimum Gasteiger partial charge on any atom is -0.281 e. The van der Waals surface area contributed by atoms with Crippen LogP contribution in [-0.2, 0) is 10.0 Å². The molecule has 0 radical (unpaired) electrons. The lowest BCUT2D eigenvalue weighted by Crippen LogP contribution is -2.30. The minimum absolute atomic E-state index is 0.222. The molecule has 1 aliphatic carbocycles. The second-order valence-corrected chi connectivity index (χ2v) is 6.67. The Balaban J connectivity index is 2.02. The highest BCUT2D eigenvalue weighted by molar-refractivity contribution is 7.89. The average molecular weight is 257 g/mol. The van der Waals surface area contributed by atoms with Crippen LogP contribution < -0.4 is 4.72 Å². The summed E-state index contributed by atoms with van der Waals surface area (Å²) in [4.78, 5) is 0.254. The van der Waals surface area contributed by atoms with Gasteiger partial charge in [-0.2, -0.15) is 5.10 Å². The van der Waals surface area contributed by atoms with Crippen molar-refractivity contribution in [2.45, 2.75) is 44.4 Å². The van der Waals surface area contributed by atoms with Crippen molar-refractivity contribution in [3.63, 3.8) is 0 Å². The summed E-state index contributed by atoms with van der Waals surface area (Å²) in [6.45, 7) is 4.39. The molecule has 0 atom stereocenters. The summed E-state index contributed by atoms with van der Waals surface area (Å²) in [5.74, 6) is 0. The molecule has 1 aliphatic rings. The maximum atomic E-state index is 12.0. The highest BCUT2D eigenvalue weighted by Crippen LogP contribution is 2.49. The average Bonchev–Trinajstić information content (AvgIpc) is 2.89. The fourth-order valence-electron chi connectivity index (χ4n) is 2.16. The van der Waals surface area contributed by atoms with Crippen LogP contribution in [0.3, 0.4) is 0 Å². The third-order valence-corrected chi connectivity index (χ3v) is 4.96. The van der Waals surface area contributed by atoms with E-state index in [2.05, 4.69) is 21.8 Å². The van der Waals surface area contributed by atoms with Crippen LogP contribution in [0.5, 0.6) is 0 Å². The Morgan fingerprint density at radius 3 is 2.71 bits per heavy atom. The molecule has 1 aromatic heterocycles. The topological polar surface area (TPSA) is 74.8 Å². The summed E-state index contributed by atoms with van der Waals surface area (Å²) in [5.41, 5.74) is 0.803. The highest BCUT2D eigenvalue weighted by atomic mass is 32.2. The third-order valence-electron chi connectivity index (χ3n) is 3.45. The van der Waals surface area contributed by atoms with Crippen LogP contribution in [0.1, 0.15) is 38.3 Å². The molecule has 0 unspecified atom stereocenters. The highest BCUT2D eigenvalue weighted by Gasteiger charge is 2.42. The van der Waals surface area contributed by atoms with Crippen LogP contribution >= 0.6 is 0 Å². The van der Waals surface area contributed by atoms with Crippen molar-refractivity contribution in [3.8, 4) is 0 Å². The van der Waals surface area contributed by atoms with Crippen molar-refractivity contribution in [3.05, 3.63) is 11.9 Å². The van der Waals surface area contributed by atoms with Gasteiger partial charge in [0, 0.05) is 6.54 Å². The Bertz CT molecular complexity index is 489. The van der Waals surface area contributed by atoms with Crippen molar-refractivity contribution in [2.75, 3.05) is 6.54 Å². The Morgan fingerprint density at radius 1 is 1.53 bits per heavy atom. The van der Waals surface area contributed by atoms with Crippen LogP contribution in [0.15, 0.2) is 11.1 Å². The number of rotatable bonds is 6. The largest absolute Gasteiger partial charge is 0.281 e. The monoisotopic (exact) mass is 257 g/mol. The number of nitrogens with one attached hydrogen (secondary N) is 2. The molecule has 0 aliphatic heterocycles. The van der Waals surface area contributed by atoms with E-state index in [0.29, 0.717) is 12.2 Å². The van der Waals surface area contributed by atoms with Gasteiger partial charge in [-0.05, 0) is 31.6 Å². The van der Waals surface area contributed by atoms with Gasteiger partial charge in [-0.3, -0.25) is 5.10 Å². The molecule has 2 N–H and O–H groups in total. The second-order valence-electron chi connectivity index (χ2n) is 4.93. The maximum Gasteiger partial charge on any atom is 0.243 e. The van der Waals surface area contributed by atoms with Gasteiger partial charge in [-0.1, -0.05) is 13.3 Å². The lowest BCUT2D eigenvalue weighted by Gasteiger charge is -2.14. The molecule has 2 rings (SSSR count). The first kappa shape index (κ1) is 12.6. The van der Waals surface area contributed by atoms with Gasteiger partial charge in [-0.25, -0.2) is 13.1 Å². The number of aryl methyl sites for hydroxylation is 1. The summed E-state index contributed by atoms with van der Waals surface area (Å²) in [6.07, 6.45) is 5.82. The lowest BCUT2D eigenvalue weighted by atomic mass is 10.0. The van der Waals surface area contributed by atoms with E-state index in [-0.39, 0.29) is 10.3 Å². The van der Waals surface area contributed by atoms with E-state index >= 15 is 0 Å². The maximum absolute atomic E-state index is 12.0. The molecule has 0 saturated heterocycles. The number of H-pyrrole nitrogens is 1. The summed E-state index contributed by atoms with van der Waals surface area (Å²) >= 11 is 0. The molecule has 5 nitrogen and oxygen atoms in total. The van der Waals surface area contributed by atoms with Crippen LogP contribution in [-0.4, -0.2) is 25.2 Å². The Morgan fingerprint density at radius 2 is 2.24 bits per heavy atom. The van der Waals surface area contributed by atoms with Crippen molar-refractivity contribution in [1.29, 1.82) is 0 Å². The fraction of sp³-hybridized carbons (Fsp3) is 0.727. The Labute approximate surface area is 102 Å². The molecule has 0 spiro atoms. The van der Waals surface area contributed by atoms with E-state index in [1.54, 1.807) is 6.92 Å². The predicted molar refractivity (Wildman–Crippen MR) is 65.1 cm³/mol. The smallest absolute Gasteiger partial charge is 0.243 e. The zero-order valence-electron chi connectivity index (χ0n) is 10.3. The van der Waals surface area contributed by atoms with E-state index in [1.807, 2.05) is 0 Å². The number of aromatic nitrogens is 2. The quantitative estimate of drug-likeness (QED) is 0.812. The van der Waals surface area contributed by atoms with Crippen LogP contribution in [0.25, 0.3) is 0 Å². The molecule has 1 fully saturated rings. The normalized spacial score (nSPS) is 18.2. The van der Waals surface area contributed by atoms with E-state index in [9.17, 15) is 8.42 Å². The molecule has 0 bridgehead atoms. The van der Waals surface area contributed by atoms with Gasteiger partial charge in [0.1, 0.15) is 4.90 Å². The zero-order chi connectivity index (χ0) is 12.5. The fourth-order valence-corrected chi connectivity index (χ4v) is 3.45. The minimum atomic E-state index is -3.40. The first-order chi connectivity index (χ1) is 7.99. The van der Waals surface area contributed by atoms with E-state index < -0.39 is 10.0 Å². The van der Waals surface area contributed by atoms with Gasteiger partial charge in [0.15, 0.2) is 0 Å². The molecule has 1 heterocycles. The molecule has 0 aromatic carbocycles. The van der Waals surface area contributed by atoms with Gasteiger partial charge in [0.05, 0.1) is 11.9 Å². The molecule has 17 heavy (non-hydrogen) atoms. The first-order valence-electron chi connectivity index (χ1n) is 5.99. The van der Waals surface area contributed by atoms with Crippen molar-refractivity contribution in [2.24, 2.45) is 5.41 Å². The van der Waals surface area contributed by atoms with E-state index in [0.717, 1.165) is 25.7 Å². The molecular weight excluding hydrogens is 238 g/mol. The Hall–Kier alpha value is -0.880. The van der Waals surface area contributed by atoms with Gasteiger partial charge in [0.2, 0.25) is 10.0 Å². The number of aromatic amines is 1. The van der Waals surface area contributed by atoms with Crippen molar-refractivity contribution < 1.29 is 8.42 Å². The lowest BCUT2D eigenvalue weighted by molar-refractivity contribution is 0.449.